The molecule has 0 aliphatic carbocycles. The van der Waals surface area contributed by atoms with Gasteiger partial charge in [-0.3, -0.25) is 62.9 Å². The van der Waals surface area contributed by atoms with Gasteiger partial charge in [0.2, 0.25) is 59.1 Å². The van der Waals surface area contributed by atoms with Gasteiger partial charge in [0.05, 0.1) is 11.3 Å². The van der Waals surface area contributed by atoms with Crippen LogP contribution >= 0.6 is 11.6 Å². The van der Waals surface area contributed by atoms with Crippen molar-refractivity contribution < 1.29 is 57.7 Å². The lowest BCUT2D eigenvalue weighted by Crippen LogP contribution is -2.61. The van der Waals surface area contributed by atoms with E-state index in [4.69, 9.17) is 40.3 Å². The maximum absolute atomic E-state index is 14.9. The Morgan fingerprint density at radius 3 is 1.43 bits per heavy atom. The standard InChI is InChI=1S/C68H97ClN18O13/c1-39(2)31-52(83-67(97)55(34-42-36-76-47-22-9-8-19-44(42)47)85-62(92)49(24-11-14-29-71)79-60(90)45-20-16-21-46(69)58(45)87(99)100)64(94)81-51(26-27-57(73)88)63(93)82-53(32-40(3)4)65(95)84-54(33-41-17-6-5-7-18-41)66(96)86-56(35-43-37-75-38-77-43)68(98)80-50(25-12-15-30-72)61(91)78-48(59(74)89)23-10-13-28-70/h5-9,16-22,36-40,48-56,76H,10-15,23-35,70-72H2,1-4H3,(H2,73,88)(H2,74,89)(H,75,77)(H,78,91)(H,79,90)(H,80,98)(H,81,94)(H,82,93)(H,83,97)(H,84,95)(H,85,92)(H,86,96)/t48-,49-,50-,51-,52-,53-,54-,55-,56-/m1/s1. The highest BCUT2D eigenvalue weighted by Gasteiger charge is 2.37. The number of carbonyl (C=O) groups excluding carboxylic acids is 11. The van der Waals surface area contributed by atoms with Crippen molar-refractivity contribution in [1.82, 2.24) is 62.8 Å². The lowest BCUT2D eigenvalue weighted by atomic mass is 9.99. The summed E-state index contributed by atoms with van der Waals surface area (Å²) in [4.78, 5) is 177. The van der Waals surface area contributed by atoms with Crippen molar-refractivity contribution in [1.29, 1.82) is 0 Å². The highest BCUT2D eigenvalue weighted by Crippen LogP contribution is 2.29. The number of benzene rings is 3. The second-order valence-electron chi connectivity index (χ2n) is 25.5. The Morgan fingerprint density at radius 2 is 0.940 bits per heavy atom. The molecule has 2 heterocycles. The number of halogens is 1. The van der Waals surface area contributed by atoms with Crippen molar-refractivity contribution in [2.45, 2.75) is 185 Å². The van der Waals surface area contributed by atoms with Gasteiger partial charge in [0, 0.05) is 54.7 Å². The number of nitro groups is 1. The Morgan fingerprint density at radius 1 is 0.500 bits per heavy atom. The number of H-pyrrole nitrogens is 2. The molecule has 31 nitrogen and oxygen atoms in total. The fraction of sp³-hybridized carbons (Fsp3) is 0.500. The number of nitrogens with one attached hydrogen (secondary N) is 11. The maximum atomic E-state index is 14.9. The summed E-state index contributed by atoms with van der Waals surface area (Å²) in [6.07, 6.45) is 5.96. The van der Waals surface area contributed by atoms with Gasteiger partial charge in [0.15, 0.2) is 0 Å². The molecule has 32 heteroatoms. The van der Waals surface area contributed by atoms with E-state index in [9.17, 15) is 62.9 Å². The minimum atomic E-state index is -1.59. The topological polar surface area (TPSA) is 514 Å². The van der Waals surface area contributed by atoms with Gasteiger partial charge < -0.3 is 86.5 Å². The van der Waals surface area contributed by atoms with E-state index in [1.165, 1.54) is 30.7 Å². The molecule has 11 amide bonds. The third kappa shape index (κ3) is 26.4. The number of imidazole rings is 1. The summed E-state index contributed by atoms with van der Waals surface area (Å²) in [7, 11) is 0. The zero-order valence-electron chi connectivity index (χ0n) is 56.9. The van der Waals surface area contributed by atoms with E-state index in [0.717, 1.165) is 0 Å². The van der Waals surface area contributed by atoms with E-state index in [2.05, 4.69) is 62.8 Å². The summed E-state index contributed by atoms with van der Waals surface area (Å²) in [6, 6.07) is 7.06. The summed E-state index contributed by atoms with van der Waals surface area (Å²) >= 11 is 6.14. The molecule has 0 aliphatic heterocycles. The Kier molecular flexibility index (Phi) is 33.6. The first-order valence-corrected chi connectivity index (χ1v) is 34.0. The van der Waals surface area contributed by atoms with E-state index in [-0.39, 0.29) is 81.3 Å². The molecule has 0 aliphatic rings. The molecule has 2 aromatic heterocycles. The summed E-state index contributed by atoms with van der Waals surface area (Å²) in [5.41, 5.74) is 29.6. The number of primary amides is 2. The van der Waals surface area contributed by atoms with Crippen LogP contribution in [0.5, 0.6) is 0 Å². The van der Waals surface area contributed by atoms with Crippen molar-refractivity contribution in [3.63, 3.8) is 0 Å². The van der Waals surface area contributed by atoms with Crippen molar-refractivity contribution >= 4 is 93.2 Å². The fourth-order valence-corrected chi connectivity index (χ4v) is 11.4. The van der Waals surface area contributed by atoms with E-state index >= 15 is 0 Å². The molecule has 5 rings (SSSR count). The Labute approximate surface area is 585 Å². The van der Waals surface area contributed by atoms with Crippen LogP contribution in [-0.2, 0) is 67.2 Å². The monoisotopic (exact) mass is 1410 g/mol. The van der Waals surface area contributed by atoms with Crippen LogP contribution < -0.4 is 76.5 Å². The number of nitro benzene ring substituents is 1. The zero-order chi connectivity index (χ0) is 73.4. The number of rotatable bonds is 45. The zero-order valence-corrected chi connectivity index (χ0v) is 57.7. The number of aromatic amines is 2. The number of hydrogen-bond acceptors (Lipinski definition) is 17. The average Bonchev–Trinajstić information content (AvgIpc) is 1.64. The van der Waals surface area contributed by atoms with Gasteiger partial charge >= 0.3 is 5.69 Å². The molecule has 544 valence electrons. The van der Waals surface area contributed by atoms with Crippen molar-refractivity contribution in [2.75, 3.05) is 19.6 Å². The number of aromatic nitrogens is 3. The average molecular weight is 1410 g/mol. The van der Waals surface area contributed by atoms with Crippen LogP contribution in [0, 0.1) is 22.0 Å². The summed E-state index contributed by atoms with van der Waals surface area (Å²) in [5.74, 6) is -10.1. The number of nitrogens with zero attached hydrogens (tertiary/aromatic N) is 2. The quantitative estimate of drug-likeness (QED) is 0.0149. The van der Waals surface area contributed by atoms with Crippen LogP contribution in [0.4, 0.5) is 5.69 Å². The molecule has 0 unspecified atom stereocenters. The molecule has 100 heavy (non-hydrogen) atoms. The van der Waals surface area contributed by atoms with Crippen molar-refractivity contribution in [3.05, 3.63) is 129 Å². The first kappa shape index (κ1) is 80.8. The van der Waals surface area contributed by atoms with Crippen LogP contribution in [0.3, 0.4) is 0 Å². The molecule has 0 spiro atoms. The van der Waals surface area contributed by atoms with E-state index in [1.54, 1.807) is 88.5 Å². The molecule has 0 bridgehead atoms. The number of carbonyl (C=O) groups is 11. The fourth-order valence-electron chi connectivity index (χ4n) is 11.2. The van der Waals surface area contributed by atoms with Crippen molar-refractivity contribution in [3.8, 4) is 0 Å². The molecule has 0 radical (unpaired) electrons. The van der Waals surface area contributed by atoms with Gasteiger partial charge in [0.1, 0.15) is 65.0 Å². The molecular formula is C68H97ClN18O13. The van der Waals surface area contributed by atoms with Crippen LogP contribution in [0.25, 0.3) is 10.9 Å². The minimum Gasteiger partial charge on any atom is -0.370 e. The highest BCUT2D eigenvalue weighted by atomic mass is 35.5. The van der Waals surface area contributed by atoms with Crippen molar-refractivity contribution in [2.24, 2.45) is 40.5 Å². The number of hydrogen-bond donors (Lipinski definition) is 16. The minimum absolute atomic E-state index is 0.0176. The lowest BCUT2D eigenvalue weighted by Gasteiger charge is -2.29. The molecule has 0 saturated heterocycles. The van der Waals surface area contributed by atoms with E-state index in [0.29, 0.717) is 72.8 Å². The lowest BCUT2D eigenvalue weighted by molar-refractivity contribution is -0.385. The van der Waals surface area contributed by atoms with Gasteiger partial charge in [-0.05, 0) is 138 Å². The van der Waals surface area contributed by atoms with Gasteiger partial charge in [0.25, 0.3) is 5.91 Å². The largest absolute Gasteiger partial charge is 0.370 e. The summed E-state index contributed by atoms with van der Waals surface area (Å²) in [5, 5.41) is 36.8. The van der Waals surface area contributed by atoms with E-state index < -0.39 is 148 Å². The normalized spacial score (nSPS) is 14.0. The van der Waals surface area contributed by atoms with Crippen LogP contribution in [0.2, 0.25) is 5.02 Å². The van der Waals surface area contributed by atoms with Crippen LogP contribution in [0.15, 0.2) is 91.5 Å². The predicted octanol–water partition coefficient (Wildman–Crippen LogP) is 1.39. The number of nitrogens with two attached hydrogens (primary N) is 5. The van der Waals surface area contributed by atoms with Crippen LogP contribution in [-0.4, -0.2) is 159 Å². The second-order valence-corrected chi connectivity index (χ2v) is 25.9. The molecule has 21 N–H and O–H groups in total. The first-order valence-electron chi connectivity index (χ1n) is 33.6. The Bertz CT molecular complexity index is 3560. The van der Waals surface area contributed by atoms with Gasteiger partial charge in [-0.1, -0.05) is 93.9 Å². The van der Waals surface area contributed by atoms with E-state index in [1.807, 2.05) is 0 Å². The predicted molar refractivity (Wildman–Crippen MR) is 374 cm³/mol. The maximum Gasteiger partial charge on any atom is 0.300 e. The summed E-state index contributed by atoms with van der Waals surface area (Å²) in [6.45, 7) is 7.93. The smallest absolute Gasteiger partial charge is 0.300 e. The number of fused-ring (bicyclic) bond motifs is 1. The molecular weight excluding hydrogens is 1310 g/mol. The third-order valence-electron chi connectivity index (χ3n) is 16.4. The van der Waals surface area contributed by atoms with Gasteiger partial charge in [-0.2, -0.15) is 0 Å². The first-order chi connectivity index (χ1) is 47.7. The summed E-state index contributed by atoms with van der Waals surface area (Å²) < 4.78 is 0. The molecule has 3 aromatic carbocycles. The highest BCUT2D eigenvalue weighted by molar-refractivity contribution is 6.33. The molecule has 0 saturated carbocycles. The Hall–Kier alpha value is -9.85. The van der Waals surface area contributed by atoms with Gasteiger partial charge in [-0.15, -0.1) is 0 Å². The van der Waals surface area contributed by atoms with Crippen LogP contribution in [0.1, 0.15) is 138 Å². The molecule has 5 aromatic rings. The Balaban J connectivity index is 1.43. The number of unbranched alkanes of at least 4 members (excludes halogenated alkanes) is 3. The van der Waals surface area contributed by atoms with Gasteiger partial charge in [-0.25, -0.2) is 4.98 Å². The molecule has 0 fully saturated rings. The molecule has 9 atom stereocenters. The number of para-hydroxylation sites is 2. The SMILES string of the molecule is CC(C)C[C@@H](NC(=O)[C@@H](Cc1c[nH]c2ccccc12)NC(=O)[C@@H](CCCCN)NC(=O)c1cccc(Cl)c1[N+](=O)[O-])C(=O)N[C@H](CCC(N)=O)C(=O)N[C@H](CC(C)C)C(=O)N[C@H](Cc1ccccc1)C(=O)N[C@H](Cc1cnc[nH]1)C(=O)N[C@H](CCCCN)C(=O)N[C@H](CCCCN)C(N)=O. The number of amides is 11. The third-order valence-corrected chi connectivity index (χ3v) is 16.7. The second kappa shape index (κ2) is 41.5.